The van der Waals surface area contributed by atoms with Gasteiger partial charge in [0.1, 0.15) is 17.8 Å². The van der Waals surface area contributed by atoms with Gasteiger partial charge < -0.3 is 19.7 Å². The number of aliphatic hydroxyl groups excluding tert-OH is 2. The molecule has 0 unspecified atom stereocenters. The molecule has 1 saturated heterocycles. The minimum absolute atomic E-state index is 0.0959. The van der Waals surface area contributed by atoms with Crippen LogP contribution in [0.2, 0.25) is 0 Å². The predicted octanol–water partition coefficient (Wildman–Crippen LogP) is 1.42. The molecule has 8 nitrogen and oxygen atoms in total. The van der Waals surface area contributed by atoms with Gasteiger partial charge in [0.25, 0.3) is 5.56 Å². The van der Waals surface area contributed by atoms with Crippen LogP contribution < -0.4 is 11.2 Å². The normalized spacial score (nSPS) is 27.9. The largest absolute Gasteiger partial charge is 0.388 e. The summed E-state index contributed by atoms with van der Waals surface area (Å²) < 4.78 is 12.8. The molecule has 0 bridgehead atoms. The summed E-state index contributed by atoms with van der Waals surface area (Å²) in [6.45, 7) is 2.35. The van der Waals surface area contributed by atoms with Crippen LogP contribution in [-0.2, 0) is 28.9 Å². The van der Waals surface area contributed by atoms with Crippen LogP contribution in [0.25, 0.3) is 0 Å². The van der Waals surface area contributed by atoms with Gasteiger partial charge in [-0.15, -0.1) is 0 Å². The van der Waals surface area contributed by atoms with Crippen molar-refractivity contribution in [3.05, 3.63) is 68.0 Å². The van der Waals surface area contributed by atoms with Crippen molar-refractivity contribution >= 4 is 0 Å². The molecule has 0 radical (unpaired) electrons. The third-order valence-corrected chi connectivity index (χ3v) is 6.50. The van der Waals surface area contributed by atoms with Gasteiger partial charge in [0.05, 0.1) is 13.2 Å². The van der Waals surface area contributed by atoms with E-state index in [1.165, 1.54) is 30.7 Å². The lowest BCUT2D eigenvalue weighted by Gasteiger charge is -2.50. The number of benzene rings is 1. The Morgan fingerprint density at radius 3 is 2.81 bits per heavy atom. The molecule has 2 aliphatic rings. The second kappa shape index (κ2) is 9.08. The summed E-state index contributed by atoms with van der Waals surface area (Å²) in [5.41, 5.74) is 0.846. The lowest BCUT2D eigenvalue weighted by atomic mass is 9.77. The molecule has 1 fully saturated rings. The van der Waals surface area contributed by atoms with E-state index in [1.807, 2.05) is 12.1 Å². The van der Waals surface area contributed by atoms with Gasteiger partial charge in [-0.3, -0.25) is 14.3 Å². The van der Waals surface area contributed by atoms with Crippen LogP contribution in [-0.4, -0.2) is 44.2 Å². The molecule has 4 rings (SSSR count). The van der Waals surface area contributed by atoms with Gasteiger partial charge in [0, 0.05) is 18.7 Å². The highest BCUT2D eigenvalue weighted by molar-refractivity contribution is 5.39. The van der Waals surface area contributed by atoms with Crippen molar-refractivity contribution in [2.45, 2.75) is 76.1 Å². The molecule has 0 amide bonds. The number of aromatic nitrogens is 2. The number of hydrogen-bond donors (Lipinski definition) is 3. The number of nitrogens with zero attached hydrogens (tertiary/aromatic N) is 1. The monoisotopic (exact) mass is 430 g/mol. The van der Waals surface area contributed by atoms with Gasteiger partial charge in [0.2, 0.25) is 0 Å². The van der Waals surface area contributed by atoms with E-state index in [-0.39, 0.29) is 13.2 Å². The molecule has 3 N–H and O–H groups in total. The van der Waals surface area contributed by atoms with Gasteiger partial charge in [-0.2, -0.15) is 0 Å². The van der Waals surface area contributed by atoms with E-state index in [9.17, 15) is 19.8 Å². The van der Waals surface area contributed by atoms with Crippen LogP contribution in [0.5, 0.6) is 0 Å². The number of nitrogens with one attached hydrogen (secondary N) is 1. The smallest absolute Gasteiger partial charge is 0.330 e. The average molecular weight is 431 g/mol. The molecule has 0 saturated carbocycles. The molecule has 2 aromatic rings. The fraction of sp³-hybridized carbons (Fsp3) is 0.565. The SMILES string of the molecule is CCCCCCc1cccc2c1C[C@@]1(OC2)[C@H](O)CO[C@@H](n2ccc(=O)[nH]c2=O)[C@@H]1O. The van der Waals surface area contributed by atoms with E-state index in [0.29, 0.717) is 6.42 Å². The van der Waals surface area contributed by atoms with Crippen molar-refractivity contribution in [1.82, 2.24) is 9.55 Å². The molecule has 0 aliphatic carbocycles. The van der Waals surface area contributed by atoms with E-state index in [4.69, 9.17) is 9.47 Å². The quantitative estimate of drug-likeness (QED) is 0.598. The van der Waals surface area contributed by atoms with Gasteiger partial charge >= 0.3 is 5.69 Å². The highest BCUT2D eigenvalue weighted by Crippen LogP contribution is 2.41. The first kappa shape index (κ1) is 22.0. The third-order valence-electron chi connectivity index (χ3n) is 6.50. The predicted molar refractivity (Wildman–Crippen MR) is 114 cm³/mol. The Hall–Kier alpha value is -2.26. The first-order valence-corrected chi connectivity index (χ1v) is 11.0. The first-order valence-electron chi connectivity index (χ1n) is 11.0. The van der Waals surface area contributed by atoms with Crippen molar-refractivity contribution in [2.24, 2.45) is 0 Å². The highest BCUT2D eigenvalue weighted by atomic mass is 16.6. The lowest BCUT2D eigenvalue weighted by Crippen LogP contribution is -2.65. The van der Waals surface area contributed by atoms with Crippen molar-refractivity contribution < 1.29 is 19.7 Å². The summed E-state index contributed by atoms with van der Waals surface area (Å²) >= 11 is 0. The molecule has 2 aliphatic heterocycles. The Morgan fingerprint density at radius 2 is 2.03 bits per heavy atom. The van der Waals surface area contributed by atoms with Crippen LogP contribution in [0.3, 0.4) is 0 Å². The summed E-state index contributed by atoms with van der Waals surface area (Å²) in [7, 11) is 0. The number of hydrogen-bond acceptors (Lipinski definition) is 6. The van der Waals surface area contributed by atoms with Crippen LogP contribution >= 0.6 is 0 Å². The zero-order valence-electron chi connectivity index (χ0n) is 17.8. The van der Waals surface area contributed by atoms with E-state index >= 15 is 0 Å². The van der Waals surface area contributed by atoms with E-state index in [2.05, 4.69) is 18.0 Å². The van der Waals surface area contributed by atoms with Crippen molar-refractivity contribution in [3.8, 4) is 0 Å². The molecule has 1 spiro atoms. The number of H-pyrrole nitrogens is 1. The van der Waals surface area contributed by atoms with Crippen molar-refractivity contribution in [3.63, 3.8) is 0 Å². The van der Waals surface area contributed by atoms with Gasteiger partial charge in [-0.05, 0) is 29.5 Å². The summed E-state index contributed by atoms with van der Waals surface area (Å²) in [6, 6.07) is 7.33. The van der Waals surface area contributed by atoms with Crippen molar-refractivity contribution in [1.29, 1.82) is 0 Å². The molecule has 4 atom stereocenters. The second-order valence-electron chi connectivity index (χ2n) is 8.49. The van der Waals surface area contributed by atoms with E-state index < -0.39 is 35.3 Å². The zero-order chi connectivity index (χ0) is 22.0. The summed E-state index contributed by atoms with van der Waals surface area (Å²) in [4.78, 5) is 25.9. The Morgan fingerprint density at radius 1 is 1.19 bits per heavy atom. The molecule has 3 heterocycles. The first-order chi connectivity index (χ1) is 15.0. The van der Waals surface area contributed by atoms with Crippen LogP contribution in [0.4, 0.5) is 0 Å². The van der Waals surface area contributed by atoms with E-state index in [0.717, 1.165) is 35.0 Å². The number of fused-ring (bicyclic) bond motifs is 1. The Bertz CT molecular complexity index is 1030. The number of aliphatic hydroxyl groups is 2. The molecule has 1 aromatic carbocycles. The maximum absolute atomic E-state index is 12.3. The van der Waals surface area contributed by atoms with Gasteiger partial charge in [-0.1, -0.05) is 44.4 Å². The summed E-state index contributed by atoms with van der Waals surface area (Å²) in [5, 5.41) is 22.1. The topological polar surface area (TPSA) is 114 Å². The molecule has 168 valence electrons. The second-order valence-corrected chi connectivity index (χ2v) is 8.49. The summed E-state index contributed by atoms with van der Waals surface area (Å²) in [5.74, 6) is 0. The van der Waals surface area contributed by atoms with Crippen molar-refractivity contribution in [2.75, 3.05) is 6.61 Å². The number of aromatic amines is 1. The minimum Gasteiger partial charge on any atom is -0.388 e. The molecular weight excluding hydrogens is 400 g/mol. The highest BCUT2D eigenvalue weighted by Gasteiger charge is 2.55. The lowest BCUT2D eigenvalue weighted by molar-refractivity contribution is -0.284. The maximum atomic E-state index is 12.3. The van der Waals surface area contributed by atoms with Crippen LogP contribution in [0.15, 0.2) is 40.1 Å². The average Bonchev–Trinajstić information content (AvgIpc) is 2.76. The molecule has 1 aromatic heterocycles. The third kappa shape index (κ3) is 4.13. The van der Waals surface area contributed by atoms with Gasteiger partial charge in [-0.25, -0.2) is 4.79 Å². The summed E-state index contributed by atoms with van der Waals surface area (Å²) in [6.07, 6.45) is 3.74. The zero-order valence-corrected chi connectivity index (χ0v) is 17.8. The molecule has 8 heteroatoms. The Labute approximate surface area is 180 Å². The number of rotatable bonds is 6. The number of unbranched alkanes of at least 4 members (excludes halogenated alkanes) is 3. The molecule has 31 heavy (non-hydrogen) atoms. The Balaban J connectivity index is 1.64. The maximum Gasteiger partial charge on any atom is 0.330 e. The van der Waals surface area contributed by atoms with E-state index in [1.54, 1.807) is 0 Å². The molecular formula is C23H30N2O6. The van der Waals surface area contributed by atoms with Crippen LogP contribution in [0.1, 0.15) is 55.5 Å². The number of ether oxygens (including phenoxy) is 2. The minimum atomic E-state index is -1.30. The van der Waals surface area contributed by atoms with Gasteiger partial charge in [0.15, 0.2) is 6.23 Å². The Kier molecular flexibility index (Phi) is 6.43. The number of aryl methyl sites for hydroxylation is 1. The fourth-order valence-electron chi connectivity index (χ4n) is 4.69. The van der Waals surface area contributed by atoms with Crippen LogP contribution in [0, 0.1) is 0 Å². The standard InChI is InChI=1S/C23H30N2O6/c1-2-3-4-5-7-15-8-6-9-16-13-31-23(12-17(15)16)18(26)14-30-21(20(23)28)25-11-10-19(27)24-22(25)29/h6,8-11,18,20-21,26,28H,2-5,7,12-14H2,1H3,(H,24,27,29)/t18-,20+,21-,23-/m1/s1. The fourth-order valence-corrected chi connectivity index (χ4v) is 4.69.